The molecule has 1 aromatic carbocycles. The maximum atomic E-state index is 12.0. The number of rotatable bonds is 7. The van der Waals surface area contributed by atoms with Crippen molar-refractivity contribution >= 4 is 0 Å². The van der Waals surface area contributed by atoms with Crippen LogP contribution in [0.5, 0.6) is 11.5 Å². The maximum absolute atomic E-state index is 12.0. The van der Waals surface area contributed by atoms with Crippen LogP contribution in [-0.2, 0) is 4.74 Å². The number of hydrogen-bond donors (Lipinski definition) is 1. The molecule has 1 atom stereocenters. The van der Waals surface area contributed by atoms with Crippen molar-refractivity contribution in [1.29, 1.82) is 0 Å². The molecule has 114 valence electrons. The van der Waals surface area contributed by atoms with Gasteiger partial charge in [-0.25, -0.2) is 0 Å². The number of alkyl halides is 3. The monoisotopic (exact) mass is 293 g/mol. The molecule has 0 spiro atoms. The highest BCUT2D eigenvalue weighted by atomic mass is 19.4. The number of ether oxygens (including phenoxy) is 3. The molecule has 0 fully saturated rings. The van der Waals surface area contributed by atoms with E-state index in [1.807, 2.05) is 0 Å². The van der Waals surface area contributed by atoms with Gasteiger partial charge in [-0.15, -0.1) is 0 Å². The summed E-state index contributed by atoms with van der Waals surface area (Å²) in [6, 6.07) is 4.48. The van der Waals surface area contributed by atoms with Crippen molar-refractivity contribution in [3.63, 3.8) is 0 Å². The Morgan fingerprint density at radius 2 is 1.90 bits per heavy atom. The van der Waals surface area contributed by atoms with Crippen molar-refractivity contribution < 1.29 is 27.4 Å². The minimum absolute atomic E-state index is 0.0282. The lowest BCUT2D eigenvalue weighted by molar-refractivity contribution is -0.145. The van der Waals surface area contributed by atoms with Crippen molar-refractivity contribution in [2.75, 3.05) is 27.4 Å². The molecule has 0 aliphatic rings. The number of halogens is 3. The van der Waals surface area contributed by atoms with Crippen molar-refractivity contribution in [2.45, 2.75) is 18.6 Å². The third-order valence-corrected chi connectivity index (χ3v) is 2.66. The van der Waals surface area contributed by atoms with Crippen LogP contribution in [0, 0.1) is 0 Å². The zero-order valence-corrected chi connectivity index (χ0v) is 11.4. The van der Waals surface area contributed by atoms with Gasteiger partial charge in [0, 0.05) is 5.56 Å². The summed E-state index contributed by atoms with van der Waals surface area (Å²) in [6.07, 6.45) is -5.22. The van der Waals surface area contributed by atoms with Crippen LogP contribution >= 0.6 is 0 Å². The van der Waals surface area contributed by atoms with Crippen molar-refractivity contribution in [3.8, 4) is 11.5 Å². The van der Waals surface area contributed by atoms with Gasteiger partial charge >= 0.3 is 6.18 Å². The summed E-state index contributed by atoms with van der Waals surface area (Å²) < 4.78 is 51.1. The van der Waals surface area contributed by atoms with Crippen LogP contribution in [0.4, 0.5) is 13.2 Å². The molecule has 0 amide bonds. The van der Waals surface area contributed by atoms with E-state index in [1.54, 1.807) is 18.2 Å². The Morgan fingerprint density at radius 1 is 1.20 bits per heavy atom. The molecule has 7 heteroatoms. The summed E-state index contributed by atoms with van der Waals surface area (Å²) in [7, 11) is 3.00. The van der Waals surface area contributed by atoms with Gasteiger partial charge in [0.05, 0.1) is 39.9 Å². The molecule has 0 bridgehead atoms. The molecular weight excluding hydrogens is 275 g/mol. The van der Waals surface area contributed by atoms with Gasteiger partial charge in [0.1, 0.15) is 11.5 Å². The highest BCUT2D eigenvalue weighted by Crippen LogP contribution is 2.28. The van der Waals surface area contributed by atoms with E-state index in [0.717, 1.165) is 0 Å². The van der Waals surface area contributed by atoms with Gasteiger partial charge in [-0.1, -0.05) is 0 Å². The summed E-state index contributed by atoms with van der Waals surface area (Å²) in [4.78, 5) is 0. The minimum Gasteiger partial charge on any atom is -0.497 e. The van der Waals surface area contributed by atoms with E-state index in [9.17, 15) is 13.2 Å². The molecule has 4 nitrogen and oxygen atoms in total. The molecule has 0 aromatic heterocycles. The van der Waals surface area contributed by atoms with E-state index in [-0.39, 0.29) is 6.61 Å². The van der Waals surface area contributed by atoms with Crippen molar-refractivity contribution in [2.24, 2.45) is 5.73 Å². The Kier molecular flexibility index (Phi) is 6.09. The van der Waals surface area contributed by atoms with E-state index < -0.39 is 25.2 Å². The average molecular weight is 293 g/mol. The van der Waals surface area contributed by atoms with Gasteiger partial charge in [-0.05, 0) is 18.2 Å². The molecule has 0 saturated heterocycles. The van der Waals surface area contributed by atoms with Crippen LogP contribution in [0.3, 0.4) is 0 Å². The summed E-state index contributed by atoms with van der Waals surface area (Å²) >= 11 is 0. The first-order valence-corrected chi connectivity index (χ1v) is 5.99. The molecule has 0 aliphatic heterocycles. The SMILES string of the molecule is COc1ccc(OC)c(C(N)COCCC(F)(F)F)c1. The Labute approximate surface area is 115 Å². The van der Waals surface area contributed by atoms with E-state index in [0.29, 0.717) is 17.1 Å². The molecule has 0 aliphatic carbocycles. The minimum atomic E-state index is -4.22. The normalized spacial score (nSPS) is 13.1. The van der Waals surface area contributed by atoms with E-state index >= 15 is 0 Å². The summed E-state index contributed by atoms with van der Waals surface area (Å²) in [5, 5.41) is 0. The predicted octanol–water partition coefficient (Wildman–Crippen LogP) is 2.67. The molecule has 20 heavy (non-hydrogen) atoms. The van der Waals surface area contributed by atoms with Crippen molar-refractivity contribution in [3.05, 3.63) is 23.8 Å². The molecule has 1 unspecified atom stereocenters. The number of benzene rings is 1. The molecular formula is C13H18F3NO3. The smallest absolute Gasteiger partial charge is 0.391 e. The van der Waals surface area contributed by atoms with Crippen molar-refractivity contribution in [1.82, 2.24) is 0 Å². The molecule has 0 heterocycles. The zero-order chi connectivity index (χ0) is 15.2. The number of methoxy groups -OCH3 is 2. The first-order chi connectivity index (χ1) is 9.37. The molecule has 2 N–H and O–H groups in total. The second kappa shape index (κ2) is 7.35. The Morgan fingerprint density at radius 3 is 2.45 bits per heavy atom. The summed E-state index contributed by atoms with van der Waals surface area (Å²) in [6.45, 7) is -0.441. The first-order valence-electron chi connectivity index (χ1n) is 5.99. The average Bonchev–Trinajstić information content (AvgIpc) is 2.41. The fraction of sp³-hybridized carbons (Fsp3) is 0.538. The summed E-state index contributed by atoms with van der Waals surface area (Å²) in [5.74, 6) is 1.13. The van der Waals surface area contributed by atoms with Crippen LogP contribution in [0.2, 0.25) is 0 Å². The van der Waals surface area contributed by atoms with Crippen LogP contribution in [0.1, 0.15) is 18.0 Å². The summed E-state index contributed by atoms with van der Waals surface area (Å²) in [5.41, 5.74) is 6.53. The molecule has 0 radical (unpaired) electrons. The lowest BCUT2D eigenvalue weighted by Gasteiger charge is -2.17. The Balaban J connectivity index is 2.60. The fourth-order valence-electron chi connectivity index (χ4n) is 1.62. The third kappa shape index (κ3) is 5.26. The third-order valence-electron chi connectivity index (χ3n) is 2.66. The number of nitrogens with two attached hydrogens (primary N) is 1. The Bertz CT molecular complexity index is 424. The lowest BCUT2D eigenvalue weighted by Crippen LogP contribution is -2.20. The first kappa shape index (κ1) is 16.6. The quantitative estimate of drug-likeness (QED) is 0.785. The van der Waals surface area contributed by atoms with Crippen LogP contribution in [-0.4, -0.2) is 33.6 Å². The van der Waals surface area contributed by atoms with E-state index in [1.165, 1.54) is 14.2 Å². The topological polar surface area (TPSA) is 53.7 Å². The van der Waals surface area contributed by atoms with E-state index in [2.05, 4.69) is 0 Å². The van der Waals surface area contributed by atoms with Crippen LogP contribution in [0.15, 0.2) is 18.2 Å². The largest absolute Gasteiger partial charge is 0.497 e. The highest BCUT2D eigenvalue weighted by Gasteiger charge is 2.26. The molecule has 1 rings (SSSR count). The van der Waals surface area contributed by atoms with Crippen LogP contribution < -0.4 is 15.2 Å². The van der Waals surface area contributed by atoms with Gasteiger partial charge in [0.25, 0.3) is 0 Å². The van der Waals surface area contributed by atoms with Gasteiger partial charge in [0.2, 0.25) is 0 Å². The van der Waals surface area contributed by atoms with Gasteiger partial charge in [-0.2, -0.15) is 13.2 Å². The van der Waals surface area contributed by atoms with Crippen LogP contribution in [0.25, 0.3) is 0 Å². The predicted molar refractivity (Wildman–Crippen MR) is 68.0 cm³/mol. The number of hydrogen-bond acceptors (Lipinski definition) is 4. The van der Waals surface area contributed by atoms with Gasteiger partial charge in [0.15, 0.2) is 0 Å². The fourth-order valence-corrected chi connectivity index (χ4v) is 1.62. The second-order valence-electron chi connectivity index (χ2n) is 4.15. The van der Waals surface area contributed by atoms with Gasteiger partial charge in [-0.3, -0.25) is 0 Å². The van der Waals surface area contributed by atoms with E-state index in [4.69, 9.17) is 19.9 Å². The van der Waals surface area contributed by atoms with Gasteiger partial charge < -0.3 is 19.9 Å². The molecule has 1 aromatic rings. The standard InChI is InChI=1S/C13H18F3NO3/c1-18-9-3-4-12(19-2)10(7-9)11(17)8-20-6-5-13(14,15)16/h3-4,7,11H,5-6,8,17H2,1-2H3. The molecule has 0 saturated carbocycles. The second-order valence-corrected chi connectivity index (χ2v) is 4.15. The maximum Gasteiger partial charge on any atom is 0.391 e. The lowest BCUT2D eigenvalue weighted by atomic mass is 10.1. The Hall–Kier alpha value is -1.47. The highest BCUT2D eigenvalue weighted by molar-refractivity contribution is 5.42. The zero-order valence-electron chi connectivity index (χ0n) is 11.4.